The van der Waals surface area contributed by atoms with E-state index in [4.69, 9.17) is 10.6 Å². The number of nitrogens with zero attached hydrogens (tertiary/aromatic N) is 2. The molecule has 8 nitrogen and oxygen atoms in total. The average Bonchev–Trinajstić information content (AvgIpc) is 3.36. The van der Waals surface area contributed by atoms with Gasteiger partial charge in [0.25, 0.3) is 5.91 Å². The quantitative estimate of drug-likeness (QED) is 0.412. The molecule has 0 bridgehead atoms. The summed E-state index contributed by atoms with van der Waals surface area (Å²) >= 11 is 1.47. The second-order valence-electron chi connectivity index (χ2n) is 5.95. The van der Waals surface area contributed by atoms with E-state index in [1.54, 1.807) is 18.2 Å². The van der Waals surface area contributed by atoms with Gasteiger partial charge in [-0.15, -0.1) is 0 Å². The van der Waals surface area contributed by atoms with E-state index in [1.807, 2.05) is 10.8 Å². The van der Waals surface area contributed by atoms with Gasteiger partial charge in [0.1, 0.15) is 0 Å². The van der Waals surface area contributed by atoms with Crippen LogP contribution in [0.2, 0.25) is 0 Å². The van der Waals surface area contributed by atoms with Gasteiger partial charge < -0.3 is 15.9 Å². The fraction of sp³-hybridized carbons (Fsp3) is 0.294. The maximum Gasteiger partial charge on any atom is 0.265 e. The highest BCUT2D eigenvalue weighted by atomic mass is 32.2. The molecule has 0 saturated carbocycles. The van der Waals surface area contributed by atoms with Gasteiger partial charge in [-0.3, -0.25) is 4.79 Å². The lowest BCUT2D eigenvalue weighted by Crippen LogP contribution is -2.28. The Morgan fingerprint density at radius 2 is 2.07 bits per heavy atom. The van der Waals surface area contributed by atoms with Crippen molar-refractivity contribution in [1.82, 2.24) is 4.31 Å². The van der Waals surface area contributed by atoms with E-state index >= 15 is 0 Å². The molecule has 1 amide bonds. The number of benzene rings is 1. The summed E-state index contributed by atoms with van der Waals surface area (Å²) < 4.78 is 26.6. The van der Waals surface area contributed by atoms with Gasteiger partial charge >= 0.3 is 0 Å². The number of rotatable bonds is 7. The number of hydrogen-bond donors (Lipinski definition) is 2. The summed E-state index contributed by atoms with van der Waals surface area (Å²) in [5.74, 6) is -0.282. The van der Waals surface area contributed by atoms with Crippen LogP contribution in [0.25, 0.3) is 0 Å². The molecule has 1 aromatic heterocycles. The zero-order chi connectivity index (χ0) is 19.3. The van der Waals surface area contributed by atoms with E-state index in [9.17, 15) is 13.2 Å². The van der Waals surface area contributed by atoms with Gasteiger partial charge in [0.05, 0.1) is 4.90 Å². The van der Waals surface area contributed by atoms with Crippen molar-refractivity contribution in [2.45, 2.75) is 17.7 Å². The minimum Gasteiger partial charge on any atom is -0.384 e. The van der Waals surface area contributed by atoms with Gasteiger partial charge in [-0.2, -0.15) is 15.6 Å². The maximum atomic E-state index is 12.6. The van der Waals surface area contributed by atoms with Gasteiger partial charge in [-0.05, 0) is 42.5 Å². The second kappa shape index (κ2) is 8.51. The number of hydrogen-bond acceptors (Lipinski definition) is 6. The van der Waals surface area contributed by atoms with Gasteiger partial charge in [-0.1, -0.05) is 11.2 Å². The number of carbonyl (C=O) groups is 1. The minimum absolute atomic E-state index is 0.155. The highest BCUT2D eigenvalue weighted by Crippen LogP contribution is 2.23. The molecule has 3 rings (SSSR count). The summed E-state index contributed by atoms with van der Waals surface area (Å²) in [5.41, 5.74) is 6.83. The van der Waals surface area contributed by atoms with E-state index in [0.717, 1.165) is 18.4 Å². The van der Waals surface area contributed by atoms with Gasteiger partial charge in [-0.25, -0.2) is 8.42 Å². The first kappa shape index (κ1) is 19.3. The Labute approximate surface area is 161 Å². The molecule has 0 spiro atoms. The SMILES string of the molecule is N/C(=N/OCC(=O)Nc1cccc(S(=O)(=O)N2CCCC2)c1)c1ccsc1. The molecule has 10 heteroatoms. The van der Waals surface area contributed by atoms with Crippen LogP contribution in [0.3, 0.4) is 0 Å². The summed E-state index contributed by atoms with van der Waals surface area (Å²) in [4.78, 5) is 17.1. The smallest absolute Gasteiger partial charge is 0.265 e. The Hall–Kier alpha value is -2.43. The van der Waals surface area contributed by atoms with Crippen molar-refractivity contribution in [3.63, 3.8) is 0 Å². The minimum atomic E-state index is -3.54. The molecule has 0 aliphatic carbocycles. The van der Waals surface area contributed by atoms with Crippen molar-refractivity contribution < 1.29 is 18.0 Å². The molecule has 2 aromatic rings. The molecule has 3 N–H and O–H groups in total. The average molecular weight is 409 g/mol. The first-order chi connectivity index (χ1) is 13.0. The van der Waals surface area contributed by atoms with Crippen LogP contribution >= 0.6 is 11.3 Å². The van der Waals surface area contributed by atoms with Crippen LogP contribution in [0, 0.1) is 0 Å². The number of amidine groups is 1. The predicted molar refractivity (Wildman–Crippen MR) is 104 cm³/mol. The van der Waals surface area contributed by atoms with Crippen molar-refractivity contribution in [2.75, 3.05) is 25.0 Å². The third-order valence-electron chi connectivity index (χ3n) is 4.00. The Balaban J connectivity index is 1.59. The van der Waals surface area contributed by atoms with E-state index in [0.29, 0.717) is 18.8 Å². The Morgan fingerprint density at radius 1 is 1.30 bits per heavy atom. The van der Waals surface area contributed by atoms with Crippen LogP contribution in [0.15, 0.2) is 51.1 Å². The lowest BCUT2D eigenvalue weighted by molar-refractivity contribution is -0.120. The molecule has 1 aliphatic heterocycles. The summed E-state index contributed by atoms with van der Waals surface area (Å²) in [6.45, 7) is 0.709. The van der Waals surface area contributed by atoms with E-state index in [-0.39, 0.29) is 17.3 Å². The molecule has 1 fully saturated rings. The Kier molecular flexibility index (Phi) is 6.09. The molecule has 1 saturated heterocycles. The number of thiophene rings is 1. The number of carbonyl (C=O) groups excluding carboxylic acids is 1. The number of oxime groups is 1. The summed E-state index contributed by atoms with van der Waals surface area (Å²) in [7, 11) is -3.54. The number of amides is 1. The highest BCUT2D eigenvalue weighted by Gasteiger charge is 2.27. The molecule has 144 valence electrons. The molecule has 1 aliphatic rings. The summed E-state index contributed by atoms with van der Waals surface area (Å²) in [6.07, 6.45) is 1.73. The largest absolute Gasteiger partial charge is 0.384 e. The molecular formula is C17H20N4O4S2. The van der Waals surface area contributed by atoms with Crippen molar-refractivity contribution in [3.8, 4) is 0 Å². The monoisotopic (exact) mass is 408 g/mol. The number of sulfonamides is 1. The number of nitrogens with two attached hydrogens (primary N) is 1. The van der Waals surface area contributed by atoms with E-state index in [2.05, 4.69) is 10.5 Å². The molecule has 1 aromatic carbocycles. The van der Waals surface area contributed by atoms with Crippen LogP contribution < -0.4 is 11.1 Å². The molecular weight excluding hydrogens is 388 g/mol. The van der Waals surface area contributed by atoms with Crippen molar-refractivity contribution >= 4 is 38.8 Å². The summed E-state index contributed by atoms with van der Waals surface area (Å²) in [6, 6.07) is 7.95. The Bertz CT molecular complexity index is 920. The zero-order valence-corrected chi connectivity index (χ0v) is 16.1. The fourth-order valence-electron chi connectivity index (χ4n) is 2.63. The third kappa shape index (κ3) is 4.85. The van der Waals surface area contributed by atoms with Gasteiger partial charge in [0.2, 0.25) is 10.0 Å². The van der Waals surface area contributed by atoms with Gasteiger partial charge in [0, 0.05) is 29.7 Å². The Morgan fingerprint density at radius 3 is 2.78 bits per heavy atom. The van der Waals surface area contributed by atoms with Crippen molar-refractivity contribution in [3.05, 3.63) is 46.7 Å². The van der Waals surface area contributed by atoms with Crippen LogP contribution in [-0.4, -0.2) is 44.2 Å². The molecule has 27 heavy (non-hydrogen) atoms. The normalized spacial score (nSPS) is 15.6. The third-order valence-corrected chi connectivity index (χ3v) is 6.57. The number of anilines is 1. The predicted octanol–water partition coefficient (Wildman–Crippen LogP) is 1.81. The molecule has 0 radical (unpaired) electrons. The molecule has 2 heterocycles. The van der Waals surface area contributed by atoms with E-state index < -0.39 is 15.9 Å². The van der Waals surface area contributed by atoms with Gasteiger partial charge in [0.15, 0.2) is 12.4 Å². The van der Waals surface area contributed by atoms with E-state index in [1.165, 1.54) is 27.8 Å². The molecule has 0 unspecified atom stereocenters. The maximum absolute atomic E-state index is 12.6. The highest BCUT2D eigenvalue weighted by molar-refractivity contribution is 7.89. The first-order valence-electron chi connectivity index (χ1n) is 8.35. The van der Waals surface area contributed by atoms with Crippen LogP contribution in [0.4, 0.5) is 5.69 Å². The first-order valence-corrected chi connectivity index (χ1v) is 10.7. The summed E-state index contributed by atoms with van der Waals surface area (Å²) in [5, 5.41) is 9.96. The van der Waals surface area contributed by atoms with Crippen LogP contribution in [0.1, 0.15) is 18.4 Å². The second-order valence-corrected chi connectivity index (χ2v) is 8.67. The number of nitrogens with one attached hydrogen (secondary N) is 1. The van der Waals surface area contributed by atoms with Crippen LogP contribution in [0.5, 0.6) is 0 Å². The van der Waals surface area contributed by atoms with Crippen molar-refractivity contribution in [2.24, 2.45) is 10.9 Å². The standard InChI is InChI=1S/C17H20N4O4S2/c18-17(13-6-9-26-12-13)20-25-11-16(22)19-14-4-3-5-15(10-14)27(23,24)21-7-1-2-8-21/h3-6,9-10,12H,1-2,7-8,11H2,(H2,18,20)(H,19,22). The zero-order valence-electron chi connectivity index (χ0n) is 14.5. The topological polar surface area (TPSA) is 114 Å². The fourth-order valence-corrected chi connectivity index (χ4v) is 4.85. The van der Waals surface area contributed by atoms with Crippen LogP contribution in [-0.2, 0) is 19.7 Å². The lowest BCUT2D eigenvalue weighted by Gasteiger charge is -2.16. The van der Waals surface area contributed by atoms with Crippen molar-refractivity contribution in [1.29, 1.82) is 0 Å². The molecule has 0 atom stereocenters. The lowest BCUT2D eigenvalue weighted by atomic mass is 10.3.